The van der Waals surface area contributed by atoms with Gasteiger partial charge in [0, 0.05) is 21.6 Å². The second kappa shape index (κ2) is 8.28. The molecule has 0 saturated heterocycles. The van der Waals surface area contributed by atoms with Crippen LogP contribution in [0.15, 0.2) is 36.4 Å². The van der Waals surface area contributed by atoms with Crippen molar-refractivity contribution in [2.24, 2.45) is 0 Å². The van der Waals surface area contributed by atoms with Gasteiger partial charge in [0.1, 0.15) is 6.61 Å². The average molecular weight is 299 g/mol. The molecule has 0 radical (unpaired) electrons. The molecule has 0 fully saturated rings. The Labute approximate surface area is 124 Å². The molecule has 0 amide bonds. The number of rotatable bonds is 7. The fraction of sp³-hybridized carbons (Fsp3) is 0.400. The van der Waals surface area contributed by atoms with Crippen LogP contribution in [0, 0.1) is 0 Å². The molecule has 0 N–H and O–H groups in total. The van der Waals surface area contributed by atoms with Gasteiger partial charge in [-0.25, -0.2) is 4.79 Å². The van der Waals surface area contributed by atoms with Crippen LogP contribution < -0.4 is 0 Å². The lowest BCUT2D eigenvalue weighted by Gasteiger charge is -2.14. The summed E-state index contributed by atoms with van der Waals surface area (Å²) < 4.78 is 5.18. The van der Waals surface area contributed by atoms with Gasteiger partial charge in [0.05, 0.1) is 0 Å². The summed E-state index contributed by atoms with van der Waals surface area (Å²) in [6.07, 6.45) is 0.960. The highest BCUT2D eigenvalue weighted by Gasteiger charge is 2.11. The number of hydrogen-bond acceptors (Lipinski definition) is 3. The van der Waals surface area contributed by atoms with Crippen LogP contribution in [0.3, 0.4) is 0 Å². The molecule has 104 valence electrons. The lowest BCUT2D eigenvalue weighted by molar-refractivity contribution is -0.138. The number of carbonyl (C=O) groups is 1. The topological polar surface area (TPSA) is 26.3 Å². The lowest BCUT2D eigenvalue weighted by atomic mass is 10.2. The number of ether oxygens (including phenoxy) is 1. The van der Waals surface area contributed by atoms with Gasteiger partial charge in [-0.15, -0.1) is 0 Å². The molecule has 1 aromatic rings. The van der Waals surface area contributed by atoms with E-state index in [1.807, 2.05) is 24.3 Å². The van der Waals surface area contributed by atoms with Gasteiger partial charge in [0.15, 0.2) is 0 Å². The summed E-state index contributed by atoms with van der Waals surface area (Å²) in [6, 6.07) is 7.81. The zero-order chi connectivity index (χ0) is 14.3. The highest BCUT2D eigenvalue weighted by Crippen LogP contribution is 2.22. The average Bonchev–Trinajstić information content (AvgIpc) is 2.40. The molecular formula is C15H19ClO2S. The Kier molecular flexibility index (Phi) is 7.03. The molecule has 1 atom stereocenters. The second-order valence-corrected chi connectivity index (χ2v) is 6.07. The Balaban J connectivity index is 2.38. The molecule has 0 aliphatic carbocycles. The van der Waals surface area contributed by atoms with Crippen molar-refractivity contribution >= 4 is 29.3 Å². The van der Waals surface area contributed by atoms with Crippen LogP contribution >= 0.6 is 23.4 Å². The number of thioether (sulfide) groups is 1. The van der Waals surface area contributed by atoms with Crippen LogP contribution in [0.4, 0.5) is 0 Å². The van der Waals surface area contributed by atoms with Crippen LogP contribution in [0.5, 0.6) is 0 Å². The highest BCUT2D eigenvalue weighted by atomic mass is 35.5. The van der Waals surface area contributed by atoms with Gasteiger partial charge >= 0.3 is 5.97 Å². The maximum Gasteiger partial charge on any atom is 0.333 e. The van der Waals surface area contributed by atoms with Gasteiger partial charge in [-0.1, -0.05) is 37.2 Å². The van der Waals surface area contributed by atoms with Gasteiger partial charge in [-0.3, -0.25) is 0 Å². The minimum absolute atomic E-state index is 0.305. The third-order valence-corrected chi connectivity index (χ3v) is 4.30. The van der Waals surface area contributed by atoms with E-state index in [0.717, 1.165) is 17.2 Å². The molecule has 19 heavy (non-hydrogen) atoms. The summed E-state index contributed by atoms with van der Waals surface area (Å²) in [5.41, 5.74) is 1.66. The predicted octanol–water partition coefficient (Wildman–Crippen LogP) is 4.47. The van der Waals surface area contributed by atoms with E-state index >= 15 is 0 Å². The Morgan fingerprint density at radius 1 is 1.42 bits per heavy atom. The van der Waals surface area contributed by atoms with Gasteiger partial charge < -0.3 is 4.74 Å². The molecule has 0 spiro atoms. The van der Waals surface area contributed by atoms with E-state index in [4.69, 9.17) is 16.3 Å². The van der Waals surface area contributed by atoms with E-state index in [-0.39, 0.29) is 5.97 Å². The van der Waals surface area contributed by atoms with E-state index in [1.165, 1.54) is 5.56 Å². The van der Waals surface area contributed by atoms with Gasteiger partial charge in [0.2, 0.25) is 0 Å². The van der Waals surface area contributed by atoms with Crippen molar-refractivity contribution in [3.05, 3.63) is 47.0 Å². The summed E-state index contributed by atoms with van der Waals surface area (Å²) in [5, 5.41) is 1.05. The van der Waals surface area contributed by atoms with Crippen molar-refractivity contribution < 1.29 is 9.53 Å². The molecule has 1 rings (SSSR count). The Bertz CT molecular complexity index is 428. The quantitative estimate of drug-likeness (QED) is 0.549. The van der Waals surface area contributed by atoms with Crippen LogP contribution in [0.25, 0.3) is 0 Å². The predicted molar refractivity (Wildman–Crippen MR) is 82.6 cm³/mol. The normalized spacial score (nSPS) is 11.9. The van der Waals surface area contributed by atoms with E-state index < -0.39 is 0 Å². The monoisotopic (exact) mass is 298 g/mol. The Morgan fingerprint density at radius 2 is 2.05 bits per heavy atom. The summed E-state index contributed by atoms with van der Waals surface area (Å²) in [7, 11) is 0. The first-order chi connectivity index (χ1) is 9.02. The van der Waals surface area contributed by atoms with Crippen LogP contribution in [0.2, 0.25) is 5.02 Å². The Morgan fingerprint density at radius 3 is 2.58 bits per heavy atom. The first kappa shape index (κ1) is 16.1. The maximum atomic E-state index is 11.3. The molecule has 1 aromatic carbocycles. The smallest absolute Gasteiger partial charge is 0.333 e. The second-order valence-electron chi connectivity index (χ2n) is 4.35. The van der Waals surface area contributed by atoms with Gasteiger partial charge in [0.25, 0.3) is 0 Å². The van der Waals surface area contributed by atoms with Gasteiger partial charge in [-0.05, 0) is 31.0 Å². The van der Waals surface area contributed by atoms with Crippen LogP contribution in [0.1, 0.15) is 25.8 Å². The third-order valence-electron chi connectivity index (χ3n) is 2.60. The number of carbonyl (C=O) groups excluding carboxylic acids is 1. The molecule has 0 aliphatic rings. The minimum Gasteiger partial charge on any atom is -0.461 e. The van der Waals surface area contributed by atoms with Crippen molar-refractivity contribution in [2.75, 3.05) is 6.61 Å². The van der Waals surface area contributed by atoms with E-state index in [2.05, 4.69) is 13.5 Å². The maximum absolute atomic E-state index is 11.3. The third kappa shape index (κ3) is 6.17. The number of benzene rings is 1. The molecular weight excluding hydrogens is 280 g/mol. The first-order valence-electron chi connectivity index (χ1n) is 6.21. The van der Waals surface area contributed by atoms with E-state index in [9.17, 15) is 4.79 Å². The fourth-order valence-corrected chi connectivity index (χ4v) is 2.52. The largest absolute Gasteiger partial charge is 0.461 e. The van der Waals surface area contributed by atoms with Crippen molar-refractivity contribution in [1.82, 2.24) is 0 Å². The molecule has 0 aromatic heterocycles. The summed E-state index contributed by atoms with van der Waals surface area (Å²) in [5.74, 6) is 0.575. The molecule has 0 heterocycles. The number of halogens is 1. The first-order valence-corrected chi connectivity index (χ1v) is 7.64. The number of esters is 1. The molecule has 0 saturated carbocycles. The Hall–Kier alpha value is -0.930. The van der Waals surface area contributed by atoms with Crippen LogP contribution in [-0.4, -0.2) is 17.8 Å². The van der Waals surface area contributed by atoms with Crippen molar-refractivity contribution in [3.8, 4) is 0 Å². The van der Waals surface area contributed by atoms with Crippen molar-refractivity contribution in [1.29, 1.82) is 0 Å². The number of hydrogen-bond donors (Lipinski definition) is 0. The molecule has 0 aliphatic heterocycles. The highest BCUT2D eigenvalue weighted by molar-refractivity contribution is 7.99. The van der Waals surface area contributed by atoms with Crippen molar-refractivity contribution in [2.45, 2.75) is 31.3 Å². The lowest BCUT2D eigenvalue weighted by Crippen LogP contribution is -2.16. The minimum atomic E-state index is -0.314. The summed E-state index contributed by atoms with van der Waals surface area (Å²) in [6.45, 7) is 7.75. The summed E-state index contributed by atoms with van der Waals surface area (Å²) >= 11 is 7.63. The molecule has 0 bridgehead atoms. The zero-order valence-electron chi connectivity index (χ0n) is 11.3. The fourth-order valence-electron chi connectivity index (χ4n) is 1.37. The molecule has 4 heteroatoms. The zero-order valence-corrected chi connectivity index (χ0v) is 12.9. The SMILES string of the molecule is C=C(C)C(=O)OCC(CC)SCc1ccc(Cl)cc1. The van der Waals surface area contributed by atoms with Crippen molar-refractivity contribution in [3.63, 3.8) is 0 Å². The summed E-state index contributed by atoms with van der Waals surface area (Å²) in [4.78, 5) is 11.3. The molecule has 2 nitrogen and oxygen atoms in total. The van der Waals surface area contributed by atoms with Gasteiger partial charge in [-0.2, -0.15) is 11.8 Å². The van der Waals surface area contributed by atoms with Crippen LogP contribution in [-0.2, 0) is 15.3 Å². The van der Waals surface area contributed by atoms with E-state index in [1.54, 1.807) is 18.7 Å². The van der Waals surface area contributed by atoms with E-state index in [0.29, 0.717) is 17.4 Å². The molecule has 1 unspecified atom stereocenters. The standard InChI is InChI=1S/C15H19ClO2S/c1-4-14(9-18-15(17)11(2)3)19-10-12-5-7-13(16)8-6-12/h5-8,14H,2,4,9-10H2,1,3H3.